The average molecular weight is 312 g/mol. The van der Waals surface area contributed by atoms with Crippen molar-refractivity contribution < 1.29 is 14.3 Å². The Morgan fingerprint density at radius 2 is 1.55 bits per heavy atom. The van der Waals surface area contributed by atoms with Gasteiger partial charge in [0.25, 0.3) is 12.6 Å². The zero-order valence-electron chi connectivity index (χ0n) is 11.7. The smallest absolute Gasteiger partial charge is 0.259 e. The molecule has 6 heteroatoms. The molecule has 0 amide bonds. The molecule has 22 heavy (non-hydrogen) atoms. The van der Waals surface area contributed by atoms with Crippen LogP contribution >= 0.6 is 11.8 Å². The molecule has 0 aromatic heterocycles. The third-order valence-electron chi connectivity index (χ3n) is 2.64. The van der Waals surface area contributed by atoms with Crippen LogP contribution in [0.2, 0.25) is 0 Å². The molecule has 2 rings (SSSR count). The second kappa shape index (κ2) is 7.99. The van der Waals surface area contributed by atoms with Crippen molar-refractivity contribution in [2.24, 2.45) is 5.10 Å². The summed E-state index contributed by atoms with van der Waals surface area (Å²) in [6, 6.07) is 14.7. The number of thioether (sulfide) groups is 1. The maximum absolute atomic E-state index is 10.3. The Morgan fingerprint density at radius 1 is 1.00 bits per heavy atom. The Morgan fingerprint density at radius 3 is 2.05 bits per heavy atom. The lowest BCUT2D eigenvalue weighted by atomic mass is 10.3. The number of anilines is 1. The van der Waals surface area contributed by atoms with Crippen molar-refractivity contribution in [2.45, 2.75) is 4.90 Å². The summed E-state index contributed by atoms with van der Waals surface area (Å²) >= 11 is 1.67. The highest BCUT2D eigenvalue weighted by molar-refractivity contribution is 7.98. The molecule has 1 N–H and O–H groups in total. The molecular weight excluding hydrogens is 300 g/mol. The summed E-state index contributed by atoms with van der Waals surface area (Å²) in [6.45, 7) is 0. The Labute approximate surface area is 132 Å². The highest BCUT2D eigenvalue weighted by Gasteiger charge is 2.00. The van der Waals surface area contributed by atoms with E-state index in [1.54, 1.807) is 36.0 Å². The van der Waals surface area contributed by atoms with Crippen molar-refractivity contribution >= 4 is 35.7 Å². The minimum absolute atomic E-state index is 0.450. The molecule has 0 atom stereocenters. The Bertz CT molecular complexity index is 657. The molecule has 0 heterocycles. The number of hydrogen-bond acceptors (Lipinski definition) is 6. The van der Waals surface area contributed by atoms with Gasteiger partial charge in [-0.05, 0) is 54.8 Å². The first-order valence-corrected chi connectivity index (χ1v) is 7.49. The van der Waals surface area contributed by atoms with Crippen molar-refractivity contribution in [1.29, 1.82) is 0 Å². The van der Waals surface area contributed by atoms with Crippen LogP contribution in [0.1, 0.15) is 0 Å². The van der Waals surface area contributed by atoms with Gasteiger partial charge in [-0.15, -0.1) is 11.8 Å². The van der Waals surface area contributed by atoms with Gasteiger partial charge in [0.1, 0.15) is 11.5 Å². The average Bonchev–Trinajstić information content (AvgIpc) is 2.58. The largest absolute Gasteiger partial charge is 0.457 e. The van der Waals surface area contributed by atoms with Gasteiger partial charge in [0, 0.05) is 4.90 Å². The van der Waals surface area contributed by atoms with E-state index in [-0.39, 0.29) is 0 Å². The van der Waals surface area contributed by atoms with Crippen LogP contribution in [-0.2, 0) is 9.59 Å². The van der Waals surface area contributed by atoms with Gasteiger partial charge in [-0.1, -0.05) is 0 Å². The summed E-state index contributed by atoms with van der Waals surface area (Å²) in [7, 11) is 0. The topological polar surface area (TPSA) is 67.8 Å². The predicted molar refractivity (Wildman–Crippen MR) is 87.2 cm³/mol. The first-order valence-electron chi connectivity index (χ1n) is 6.27. The fourth-order valence-corrected chi connectivity index (χ4v) is 1.97. The van der Waals surface area contributed by atoms with Crippen LogP contribution in [0.25, 0.3) is 0 Å². The minimum Gasteiger partial charge on any atom is -0.457 e. The molecule has 2 aromatic carbocycles. The van der Waals surface area contributed by atoms with Gasteiger partial charge in [0.15, 0.2) is 5.71 Å². The van der Waals surface area contributed by atoms with Gasteiger partial charge in [-0.25, -0.2) is 0 Å². The number of benzene rings is 2. The SMILES string of the molecule is CSc1ccc(Oc2ccc(NN=C([C]=O)[C]=O)cc2)cc1. The van der Waals surface area contributed by atoms with Gasteiger partial charge >= 0.3 is 0 Å². The van der Waals surface area contributed by atoms with Crippen molar-refractivity contribution in [3.8, 4) is 11.5 Å². The molecule has 0 aliphatic heterocycles. The molecule has 0 unspecified atom stereocenters. The van der Waals surface area contributed by atoms with E-state index < -0.39 is 5.71 Å². The Balaban J connectivity index is 2.00. The van der Waals surface area contributed by atoms with E-state index in [0.29, 0.717) is 11.4 Å². The minimum atomic E-state index is -0.450. The van der Waals surface area contributed by atoms with Crippen LogP contribution < -0.4 is 10.2 Å². The first-order chi connectivity index (χ1) is 10.7. The molecule has 0 bridgehead atoms. The molecule has 0 aliphatic carbocycles. The highest BCUT2D eigenvalue weighted by Crippen LogP contribution is 2.25. The highest BCUT2D eigenvalue weighted by atomic mass is 32.2. The zero-order chi connectivity index (χ0) is 15.8. The van der Waals surface area contributed by atoms with Crippen LogP contribution in [0.15, 0.2) is 58.5 Å². The van der Waals surface area contributed by atoms with Crippen LogP contribution in [0.4, 0.5) is 5.69 Å². The van der Waals surface area contributed by atoms with Gasteiger partial charge < -0.3 is 4.74 Å². The molecule has 0 saturated heterocycles. The molecule has 2 radical (unpaired) electrons. The molecule has 5 nitrogen and oxygen atoms in total. The van der Waals surface area contributed by atoms with Gasteiger partial charge in [0.05, 0.1) is 5.69 Å². The summed E-state index contributed by atoms with van der Waals surface area (Å²) in [5, 5.41) is 3.54. The van der Waals surface area contributed by atoms with E-state index in [9.17, 15) is 9.59 Å². The van der Waals surface area contributed by atoms with E-state index in [2.05, 4.69) is 10.5 Å². The fourth-order valence-electron chi connectivity index (χ4n) is 1.56. The maximum atomic E-state index is 10.3. The number of nitrogens with one attached hydrogen (secondary N) is 1. The fraction of sp³-hybridized carbons (Fsp3) is 0.0625. The predicted octanol–water partition coefficient (Wildman–Crippen LogP) is 3.19. The summed E-state index contributed by atoms with van der Waals surface area (Å²) < 4.78 is 5.70. The summed E-state index contributed by atoms with van der Waals surface area (Å²) in [6.07, 6.45) is 4.74. The third-order valence-corrected chi connectivity index (χ3v) is 3.38. The molecule has 0 fully saturated rings. The maximum Gasteiger partial charge on any atom is 0.259 e. The molecule has 0 aliphatic rings. The van der Waals surface area contributed by atoms with E-state index in [1.807, 2.05) is 30.5 Å². The van der Waals surface area contributed by atoms with Crippen LogP contribution in [0.3, 0.4) is 0 Å². The van der Waals surface area contributed by atoms with Crippen LogP contribution in [0, 0.1) is 0 Å². The second-order valence-electron chi connectivity index (χ2n) is 4.08. The lowest BCUT2D eigenvalue weighted by Crippen LogP contribution is -2.04. The van der Waals surface area contributed by atoms with E-state index in [1.165, 1.54) is 17.5 Å². The second-order valence-corrected chi connectivity index (χ2v) is 4.96. The number of carbonyl (C=O) groups excluding carboxylic acids is 2. The monoisotopic (exact) mass is 312 g/mol. The standard InChI is InChI=1S/C16H12N2O3S/c1-22-16-8-6-15(7-9-16)21-14-4-2-12(3-5-14)17-18-13(10-19)11-20/h2-9,17H,1H3. The lowest BCUT2D eigenvalue weighted by Gasteiger charge is -2.07. The molecule has 0 saturated carbocycles. The number of ether oxygens (including phenoxy) is 1. The molecule has 2 aromatic rings. The summed E-state index contributed by atoms with van der Waals surface area (Å²) in [4.78, 5) is 21.7. The van der Waals surface area contributed by atoms with Crippen molar-refractivity contribution in [3.05, 3.63) is 48.5 Å². The number of nitrogens with zero attached hydrogens (tertiary/aromatic N) is 1. The van der Waals surface area contributed by atoms with Crippen LogP contribution in [0.5, 0.6) is 11.5 Å². The number of rotatable bonds is 7. The lowest BCUT2D eigenvalue weighted by molar-refractivity contribution is 0.482. The van der Waals surface area contributed by atoms with Crippen molar-refractivity contribution in [2.75, 3.05) is 11.7 Å². The first kappa shape index (κ1) is 15.8. The third kappa shape index (κ3) is 4.46. The van der Waals surface area contributed by atoms with Crippen molar-refractivity contribution in [1.82, 2.24) is 0 Å². The number of hydrogen-bond donors (Lipinski definition) is 1. The quantitative estimate of drug-likeness (QED) is 0.368. The van der Waals surface area contributed by atoms with E-state index in [0.717, 1.165) is 5.75 Å². The van der Waals surface area contributed by atoms with Gasteiger partial charge in [-0.3, -0.25) is 15.0 Å². The van der Waals surface area contributed by atoms with E-state index in [4.69, 9.17) is 4.74 Å². The molecule has 0 spiro atoms. The molecule has 110 valence electrons. The Kier molecular flexibility index (Phi) is 5.73. The van der Waals surface area contributed by atoms with E-state index >= 15 is 0 Å². The van der Waals surface area contributed by atoms with Gasteiger partial charge in [-0.2, -0.15) is 5.10 Å². The summed E-state index contributed by atoms with van der Waals surface area (Å²) in [5.41, 5.74) is 2.71. The molecular formula is C16H12N2O3S. The van der Waals surface area contributed by atoms with Gasteiger partial charge in [0.2, 0.25) is 0 Å². The van der Waals surface area contributed by atoms with Crippen molar-refractivity contribution in [3.63, 3.8) is 0 Å². The number of hydrazone groups is 1. The van der Waals surface area contributed by atoms with Crippen LogP contribution in [-0.4, -0.2) is 24.5 Å². The summed E-state index contributed by atoms with van der Waals surface area (Å²) in [5.74, 6) is 1.40. The Hall–Kier alpha value is -2.60. The zero-order valence-corrected chi connectivity index (χ0v) is 12.5. The normalized spacial score (nSPS) is 9.68.